The van der Waals surface area contributed by atoms with E-state index in [-0.39, 0.29) is 17.2 Å². The summed E-state index contributed by atoms with van der Waals surface area (Å²) in [5.74, 6) is -0.388. The molecule has 0 spiro atoms. The Morgan fingerprint density at radius 3 is 2.46 bits per heavy atom. The first-order chi connectivity index (χ1) is 18.4. The van der Waals surface area contributed by atoms with Crippen LogP contribution in [0.15, 0.2) is 71.6 Å². The van der Waals surface area contributed by atoms with Crippen molar-refractivity contribution < 1.29 is 26.4 Å². The highest BCUT2D eigenvalue weighted by molar-refractivity contribution is 7.93. The fraction of sp³-hybridized carbons (Fsp3) is 0.214. The zero-order valence-corrected chi connectivity index (χ0v) is 22.7. The number of nitrogens with one attached hydrogen (secondary N) is 1. The third-order valence-corrected chi connectivity index (χ3v) is 9.42. The quantitative estimate of drug-likeness (QED) is 0.291. The second kappa shape index (κ2) is 10.1. The summed E-state index contributed by atoms with van der Waals surface area (Å²) in [6, 6.07) is 16.9. The third-order valence-electron chi connectivity index (χ3n) is 6.56. The van der Waals surface area contributed by atoms with Gasteiger partial charge in [-0.15, -0.1) is 11.3 Å². The molecule has 0 saturated carbocycles. The summed E-state index contributed by atoms with van der Waals surface area (Å²) >= 11 is 1.29. The zero-order valence-electron chi connectivity index (χ0n) is 21.0. The van der Waals surface area contributed by atoms with Crippen LogP contribution in [0.3, 0.4) is 0 Å². The number of anilines is 2. The van der Waals surface area contributed by atoms with Gasteiger partial charge in [-0.25, -0.2) is 13.4 Å². The van der Waals surface area contributed by atoms with Gasteiger partial charge < -0.3 is 5.32 Å². The van der Waals surface area contributed by atoms with E-state index < -0.39 is 21.8 Å². The van der Waals surface area contributed by atoms with Gasteiger partial charge in [-0.3, -0.25) is 9.10 Å². The maximum atomic E-state index is 13.3. The van der Waals surface area contributed by atoms with Gasteiger partial charge in [0.1, 0.15) is 0 Å². The molecule has 5 rings (SSSR count). The lowest BCUT2D eigenvalue weighted by molar-refractivity contribution is -0.137. The minimum absolute atomic E-state index is 0.0872. The average Bonchev–Trinajstić information content (AvgIpc) is 3.47. The largest absolute Gasteiger partial charge is 0.416 e. The average molecular weight is 572 g/mol. The van der Waals surface area contributed by atoms with Gasteiger partial charge >= 0.3 is 6.18 Å². The third kappa shape index (κ3) is 5.41. The van der Waals surface area contributed by atoms with E-state index in [0.29, 0.717) is 40.6 Å². The molecule has 3 aromatic carbocycles. The lowest BCUT2D eigenvalue weighted by Crippen LogP contribution is -2.29. The van der Waals surface area contributed by atoms with E-state index in [9.17, 15) is 26.4 Å². The number of aromatic nitrogens is 1. The number of carbonyl (C=O) groups is 1. The maximum absolute atomic E-state index is 13.3. The van der Waals surface area contributed by atoms with E-state index in [4.69, 9.17) is 0 Å². The second-order valence-electron chi connectivity index (χ2n) is 9.28. The van der Waals surface area contributed by atoms with E-state index in [1.54, 1.807) is 37.3 Å². The van der Waals surface area contributed by atoms with Crippen LogP contribution in [0.5, 0.6) is 0 Å². The van der Waals surface area contributed by atoms with Crippen LogP contribution in [-0.4, -0.2) is 25.9 Å². The number of amides is 1. The van der Waals surface area contributed by atoms with E-state index in [2.05, 4.69) is 10.3 Å². The number of hydrogen-bond acceptors (Lipinski definition) is 5. The van der Waals surface area contributed by atoms with Gasteiger partial charge in [0.05, 0.1) is 28.3 Å². The first-order valence-corrected chi connectivity index (χ1v) is 14.3. The zero-order chi connectivity index (χ0) is 27.9. The minimum atomic E-state index is -4.43. The van der Waals surface area contributed by atoms with Crippen molar-refractivity contribution >= 4 is 38.1 Å². The molecule has 11 heteroatoms. The van der Waals surface area contributed by atoms with E-state index >= 15 is 0 Å². The predicted octanol–water partition coefficient (Wildman–Crippen LogP) is 6.38. The molecule has 39 heavy (non-hydrogen) atoms. The molecule has 1 aliphatic rings. The van der Waals surface area contributed by atoms with Gasteiger partial charge in [0.15, 0.2) is 5.13 Å². The molecule has 1 aromatic heterocycles. The van der Waals surface area contributed by atoms with E-state index in [1.807, 2.05) is 19.1 Å². The molecule has 202 valence electrons. The topological polar surface area (TPSA) is 79.4 Å². The SMILES string of the molecule is Cc1ccccc1S(=O)(=O)N1CCc2cc(-c3nc(NC(=O)Cc4ccc(C(F)(F)F)cc4)sc3C)ccc21. The molecule has 6 nitrogen and oxygen atoms in total. The van der Waals surface area contributed by atoms with Crippen LogP contribution < -0.4 is 9.62 Å². The van der Waals surface area contributed by atoms with Crippen molar-refractivity contribution in [2.75, 3.05) is 16.2 Å². The molecule has 0 radical (unpaired) electrons. The van der Waals surface area contributed by atoms with Crippen LogP contribution in [-0.2, 0) is 33.8 Å². The number of sulfonamides is 1. The Morgan fingerprint density at radius 1 is 1.05 bits per heavy atom. The number of fused-ring (bicyclic) bond motifs is 1. The first-order valence-electron chi connectivity index (χ1n) is 12.1. The number of halogens is 3. The number of benzene rings is 3. The van der Waals surface area contributed by atoms with Gasteiger partial charge in [-0.05, 0) is 67.3 Å². The number of carbonyl (C=O) groups excluding carboxylic acids is 1. The van der Waals surface area contributed by atoms with Crippen molar-refractivity contribution in [3.05, 3.63) is 93.9 Å². The molecule has 1 amide bonds. The number of aryl methyl sites for hydroxylation is 2. The molecular weight excluding hydrogens is 547 g/mol. The van der Waals surface area contributed by atoms with Crippen molar-refractivity contribution in [3.63, 3.8) is 0 Å². The number of nitrogens with zero attached hydrogens (tertiary/aromatic N) is 2. The van der Waals surface area contributed by atoms with Crippen molar-refractivity contribution in [2.24, 2.45) is 0 Å². The Morgan fingerprint density at radius 2 is 1.77 bits per heavy atom. The summed E-state index contributed by atoms with van der Waals surface area (Å²) in [5.41, 5.74) is 3.39. The number of thiazole rings is 1. The lowest BCUT2D eigenvalue weighted by Gasteiger charge is -2.21. The summed E-state index contributed by atoms with van der Waals surface area (Å²) in [6.07, 6.45) is -3.95. The van der Waals surface area contributed by atoms with E-state index in [0.717, 1.165) is 28.1 Å². The summed E-state index contributed by atoms with van der Waals surface area (Å²) in [4.78, 5) is 18.2. The Balaban J connectivity index is 1.32. The molecule has 0 bridgehead atoms. The predicted molar refractivity (Wildman–Crippen MR) is 145 cm³/mol. The molecular formula is C28H24F3N3O3S2. The molecule has 0 fully saturated rings. The summed E-state index contributed by atoms with van der Waals surface area (Å²) in [6.45, 7) is 4.00. The highest BCUT2D eigenvalue weighted by Crippen LogP contribution is 2.38. The Kier molecular flexibility index (Phi) is 6.98. The highest BCUT2D eigenvalue weighted by Gasteiger charge is 2.32. The van der Waals surface area contributed by atoms with Crippen molar-refractivity contribution in [1.82, 2.24) is 4.98 Å². The highest BCUT2D eigenvalue weighted by atomic mass is 32.2. The van der Waals surface area contributed by atoms with Gasteiger partial charge in [0, 0.05) is 17.0 Å². The fourth-order valence-corrected chi connectivity index (χ4v) is 7.19. The Hall–Kier alpha value is -3.70. The van der Waals surface area contributed by atoms with Crippen LogP contribution in [0.25, 0.3) is 11.3 Å². The Bertz CT molecular complexity index is 1660. The molecule has 1 aliphatic heterocycles. The van der Waals surface area contributed by atoms with Crippen molar-refractivity contribution in [1.29, 1.82) is 0 Å². The first kappa shape index (κ1) is 26.9. The molecule has 4 aromatic rings. The van der Waals surface area contributed by atoms with Crippen LogP contribution in [0.1, 0.15) is 27.1 Å². The van der Waals surface area contributed by atoms with Crippen LogP contribution >= 0.6 is 11.3 Å². The number of hydrogen-bond donors (Lipinski definition) is 1. The summed E-state index contributed by atoms with van der Waals surface area (Å²) < 4.78 is 66.4. The van der Waals surface area contributed by atoms with Crippen LogP contribution in [0.2, 0.25) is 0 Å². The van der Waals surface area contributed by atoms with Gasteiger partial charge in [-0.2, -0.15) is 13.2 Å². The van der Waals surface area contributed by atoms with E-state index in [1.165, 1.54) is 27.8 Å². The smallest absolute Gasteiger partial charge is 0.302 e. The maximum Gasteiger partial charge on any atom is 0.416 e. The second-order valence-corrected chi connectivity index (χ2v) is 12.3. The van der Waals surface area contributed by atoms with Crippen LogP contribution in [0.4, 0.5) is 24.0 Å². The van der Waals surface area contributed by atoms with Crippen molar-refractivity contribution in [3.8, 4) is 11.3 Å². The van der Waals surface area contributed by atoms with Gasteiger partial charge in [0.25, 0.3) is 10.0 Å². The number of rotatable bonds is 6. The normalized spacial score (nSPS) is 13.4. The minimum Gasteiger partial charge on any atom is -0.302 e. The monoisotopic (exact) mass is 571 g/mol. The van der Waals surface area contributed by atoms with Crippen LogP contribution in [0, 0.1) is 13.8 Å². The van der Waals surface area contributed by atoms with Gasteiger partial charge in [0.2, 0.25) is 5.91 Å². The molecule has 0 unspecified atom stereocenters. The number of alkyl halides is 3. The summed E-state index contributed by atoms with van der Waals surface area (Å²) in [7, 11) is -3.70. The molecule has 0 atom stereocenters. The molecule has 0 saturated heterocycles. The Labute approximate surface area is 228 Å². The molecule has 1 N–H and O–H groups in total. The molecule has 2 heterocycles. The standard InChI is InChI=1S/C28H24F3N3O3S2/c1-17-5-3-4-6-24(17)39(36,37)34-14-13-20-16-21(9-12-23(20)34)26-18(2)38-27(33-26)32-25(35)15-19-7-10-22(11-8-19)28(29,30)31/h3-12,16H,13-15H2,1-2H3,(H,32,33,35). The van der Waals surface area contributed by atoms with Crippen molar-refractivity contribution in [2.45, 2.75) is 37.8 Å². The summed E-state index contributed by atoms with van der Waals surface area (Å²) in [5, 5.41) is 3.11. The fourth-order valence-electron chi connectivity index (χ4n) is 4.61. The lowest BCUT2D eigenvalue weighted by atomic mass is 10.1. The van der Waals surface area contributed by atoms with Gasteiger partial charge in [-0.1, -0.05) is 36.4 Å². The molecule has 0 aliphatic carbocycles.